The molecule has 0 aromatic heterocycles. The summed E-state index contributed by atoms with van der Waals surface area (Å²) in [6.07, 6.45) is 5.48. The molecule has 0 fully saturated rings. The number of halogens is 1. The molecule has 0 unspecified atom stereocenters. The molecule has 0 rings (SSSR count). The van der Waals surface area contributed by atoms with E-state index >= 15 is 0 Å². The van der Waals surface area contributed by atoms with Crippen molar-refractivity contribution < 1.29 is 0 Å². The maximum absolute atomic E-state index is 6.60. The van der Waals surface area contributed by atoms with Crippen molar-refractivity contribution >= 4 is 44.3 Å². The van der Waals surface area contributed by atoms with Crippen LogP contribution in [-0.2, 0) is 0 Å². The Morgan fingerprint density at radius 1 is 1.00 bits per heavy atom. The monoisotopic (exact) mass is 352 g/mol. The fourth-order valence-corrected chi connectivity index (χ4v) is 20.7. The van der Waals surface area contributed by atoms with E-state index in [1.807, 2.05) is 0 Å². The van der Waals surface area contributed by atoms with Crippen LogP contribution >= 0.6 is 11.1 Å². The average molecular weight is 351 g/mol. The van der Waals surface area contributed by atoms with E-state index in [9.17, 15) is 0 Å². The van der Waals surface area contributed by atoms with E-state index in [0.29, 0.717) is 0 Å². The van der Waals surface area contributed by atoms with Gasteiger partial charge in [0.05, 0.1) is 0 Å². The maximum atomic E-state index is 6.60. The van der Waals surface area contributed by atoms with Gasteiger partial charge < -0.3 is 0 Å². The summed E-state index contributed by atoms with van der Waals surface area (Å²) in [4.78, 5) is 0. The van der Waals surface area contributed by atoms with Crippen LogP contribution in [0.2, 0.25) is 17.2 Å². The molecule has 0 aromatic carbocycles. The quantitative estimate of drug-likeness (QED) is 0.356. The Bertz CT molecular complexity index is 108. The van der Waals surface area contributed by atoms with Gasteiger partial charge in [0.15, 0.2) is 0 Å². The van der Waals surface area contributed by atoms with Gasteiger partial charge in [-0.05, 0) is 0 Å². The van der Waals surface area contributed by atoms with Crippen molar-refractivity contribution in [3.8, 4) is 0 Å². The summed E-state index contributed by atoms with van der Waals surface area (Å²) in [5.74, 6) is 0. The van der Waals surface area contributed by atoms with Crippen molar-refractivity contribution in [2.75, 3.05) is 0 Å². The molecule has 0 saturated heterocycles. The van der Waals surface area contributed by atoms with E-state index in [1.54, 1.807) is 0 Å². The Hall–Kier alpha value is 1.55. The first-order valence-electron chi connectivity index (χ1n) is 5.09. The fourth-order valence-electron chi connectivity index (χ4n) is 0.839. The third-order valence-corrected chi connectivity index (χ3v) is 24.5. The van der Waals surface area contributed by atoms with Crippen LogP contribution in [0, 0.1) is 0 Å². The molecule has 0 bridgehead atoms. The molecule has 0 aliphatic carbocycles. The molecule has 0 aliphatic heterocycles. The van der Waals surface area contributed by atoms with Gasteiger partial charge in [0, 0.05) is 0 Å². The Morgan fingerprint density at radius 3 is 1.69 bits per heavy atom. The summed E-state index contributed by atoms with van der Waals surface area (Å²) >= 11 is 8.21. The first kappa shape index (κ1) is 14.5. The number of hydrogen-bond acceptors (Lipinski definition) is 0. The molecular formula is C9H21ClSe2Si. The molecule has 80 valence electrons. The second kappa shape index (κ2) is 8.82. The van der Waals surface area contributed by atoms with Gasteiger partial charge in [-0.1, -0.05) is 0 Å². The topological polar surface area (TPSA) is 0 Å². The van der Waals surface area contributed by atoms with Crippen LogP contribution in [0.4, 0.5) is 0 Å². The van der Waals surface area contributed by atoms with Crippen LogP contribution < -0.4 is 0 Å². The standard InChI is InChI=1S/C9H21ClSe2Si/c1-4-6-8-11-13(3,10)12-9-7-5-2/h4-9H2,1-3H3. The number of hydrogen-bond donors (Lipinski definition) is 0. The molecule has 0 atom stereocenters. The molecule has 0 heterocycles. The second-order valence-corrected chi connectivity index (χ2v) is 30.4. The third-order valence-electron chi connectivity index (χ3n) is 1.72. The first-order chi connectivity index (χ1) is 6.12. The minimum absolute atomic E-state index is 0.804. The zero-order valence-electron chi connectivity index (χ0n) is 8.94. The van der Waals surface area contributed by atoms with E-state index in [1.165, 1.54) is 36.3 Å². The Morgan fingerprint density at radius 2 is 1.38 bits per heavy atom. The summed E-state index contributed by atoms with van der Waals surface area (Å²) in [6.45, 7) is 6.93. The molecule has 0 N–H and O–H groups in total. The van der Waals surface area contributed by atoms with Crippen molar-refractivity contribution in [2.24, 2.45) is 0 Å². The Kier molecular flexibility index (Phi) is 9.87. The molecule has 0 aliphatic rings. The van der Waals surface area contributed by atoms with Gasteiger partial charge in [-0.25, -0.2) is 0 Å². The van der Waals surface area contributed by atoms with Crippen molar-refractivity contribution in [3.05, 3.63) is 0 Å². The predicted octanol–water partition coefficient (Wildman–Crippen LogP) is 3.64. The van der Waals surface area contributed by atoms with Crippen LogP contribution in [0.1, 0.15) is 39.5 Å². The van der Waals surface area contributed by atoms with Crippen molar-refractivity contribution in [1.29, 1.82) is 0 Å². The number of unbranched alkanes of at least 4 members (excludes halogenated alkanes) is 2. The minimum atomic E-state index is -1.18. The van der Waals surface area contributed by atoms with Crippen LogP contribution in [-0.4, -0.2) is 33.2 Å². The zero-order chi connectivity index (χ0) is 10.2. The summed E-state index contributed by atoms with van der Waals surface area (Å²) in [7, 11) is 0. The number of rotatable bonds is 8. The predicted molar refractivity (Wildman–Crippen MR) is 68.4 cm³/mol. The van der Waals surface area contributed by atoms with Crippen LogP contribution in [0.15, 0.2) is 0 Å². The van der Waals surface area contributed by atoms with Crippen molar-refractivity contribution in [2.45, 2.75) is 56.7 Å². The SMILES string of the molecule is CCCC[Se][Si](C)(Cl)[Se]CCCC. The molecule has 0 nitrogen and oxygen atoms in total. The third kappa shape index (κ3) is 9.84. The van der Waals surface area contributed by atoms with Gasteiger partial charge in [0.1, 0.15) is 0 Å². The van der Waals surface area contributed by atoms with Crippen molar-refractivity contribution in [1.82, 2.24) is 0 Å². The zero-order valence-corrected chi connectivity index (χ0v) is 14.1. The van der Waals surface area contributed by atoms with Crippen LogP contribution in [0.25, 0.3) is 0 Å². The molecule has 0 radical (unpaired) electrons. The molecule has 13 heavy (non-hydrogen) atoms. The van der Waals surface area contributed by atoms with E-state index in [0.717, 1.165) is 28.6 Å². The van der Waals surface area contributed by atoms with Gasteiger partial charge >= 0.3 is 101 Å². The van der Waals surface area contributed by atoms with E-state index in [-0.39, 0.29) is 0 Å². The first-order valence-corrected chi connectivity index (χ1v) is 16.0. The summed E-state index contributed by atoms with van der Waals surface area (Å²) in [5, 5.41) is 2.87. The van der Waals surface area contributed by atoms with Gasteiger partial charge in [-0.15, -0.1) is 0 Å². The van der Waals surface area contributed by atoms with E-state index in [2.05, 4.69) is 20.4 Å². The summed E-state index contributed by atoms with van der Waals surface area (Å²) in [6, 6.07) is 0. The Balaban J connectivity index is 3.42. The molecule has 4 heteroatoms. The van der Waals surface area contributed by atoms with Crippen molar-refractivity contribution in [3.63, 3.8) is 0 Å². The van der Waals surface area contributed by atoms with Gasteiger partial charge in [0.25, 0.3) is 0 Å². The van der Waals surface area contributed by atoms with Gasteiger partial charge in [-0.3, -0.25) is 0 Å². The fraction of sp³-hybridized carbons (Fsp3) is 1.00. The van der Waals surface area contributed by atoms with E-state index < -0.39 is 4.60 Å². The molecule has 0 saturated carbocycles. The summed E-state index contributed by atoms with van der Waals surface area (Å²) in [5.41, 5.74) is 0. The molecule has 0 spiro atoms. The Labute approximate surface area is 100 Å². The second-order valence-electron chi connectivity index (χ2n) is 3.24. The van der Waals surface area contributed by atoms with Crippen LogP contribution in [0.3, 0.4) is 0 Å². The molecular weight excluding hydrogens is 330 g/mol. The van der Waals surface area contributed by atoms with Crippen LogP contribution in [0.5, 0.6) is 0 Å². The summed E-state index contributed by atoms with van der Waals surface area (Å²) < 4.78 is -1.18. The molecule has 0 amide bonds. The van der Waals surface area contributed by atoms with Gasteiger partial charge in [0.2, 0.25) is 0 Å². The average Bonchev–Trinajstić information content (AvgIpc) is 2.05. The normalized spacial score (nSPS) is 12.0. The van der Waals surface area contributed by atoms with Gasteiger partial charge in [-0.2, -0.15) is 0 Å². The van der Waals surface area contributed by atoms with E-state index in [4.69, 9.17) is 11.1 Å². The molecule has 0 aromatic rings.